The van der Waals surface area contributed by atoms with E-state index in [0.717, 1.165) is 11.1 Å². The minimum Gasteiger partial charge on any atom is -0.330 e. The molecule has 0 aliphatic rings. The lowest BCUT2D eigenvalue weighted by Crippen LogP contribution is -2.24. The quantitative estimate of drug-likeness (QED) is 0.371. The van der Waals surface area contributed by atoms with Crippen molar-refractivity contribution in [2.75, 3.05) is 0 Å². The molecular formula is C26H21F2N3O. The fraction of sp³-hybridized carbons (Fsp3) is 0.154. The standard InChI is InChI=1S/C26H21F2N3O/c1-17(19-5-3-2-4-6-19)14-30-16-29-24-22-13-21(28)11-12-23(22)31(25(24)26(30)32)15-18-7-9-20(27)10-8-18/h2-13,16-17H,14-15H2,1H3/t17-/m0/s1. The number of nitrogens with zero attached hydrogens (tertiary/aromatic N) is 3. The molecule has 0 unspecified atom stereocenters. The molecule has 0 spiro atoms. The Morgan fingerprint density at radius 3 is 2.41 bits per heavy atom. The van der Waals surface area contributed by atoms with Crippen molar-refractivity contribution in [1.82, 2.24) is 14.1 Å². The van der Waals surface area contributed by atoms with Gasteiger partial charge in [0.25, 0.3) is 5.56 Å². The first kappa shape index (κ1) is 20.1. The zero-order valence-corrected chi connectivity index (χ0v) is 17.5. The third kappa shape index (κ3) is 3.58. The monoisotopic (exact) mass is 429 g/mol. The van der Waals surface area contributed by atoms with Crippen molar-refractivity contribution in [3.05, 3.63) is 112 Å². The van der Waals surface area contributed by atoms with Crippen LogP contribution < -0.4 is 5.56 Å². The SMILES string of the molecule is C[C@@H](Cn1cnc2c3cc(F)ccc3n(Cc3ccc(F)cc3)c2c1=O)c1ccccc1. The van der Waals surface area contributed by atoms with Gasteiger partial charge >= 0.3 is 0 Å². The molecule has 1 atom stereocenters. The molecule has 0 radical (unpaired) electrons. The first-order valence-corrected chi connectivity index (χ1v) is 10.5. The molecule has 4 nitrogen and oxygen atoms in total. The molecule has 160 valence electrons. The van der Waals surface area contributed by atoms with Crippen LogP contribution in [0.25, 0.3) is 21.9 Å². The van der Waals surface area contributed by atoms with E-state index >= 15 is 0 Å². The van der Waals surface area contributed by atoms with Crippen LogP contribution in [0, 0.1) is 11.6 Å². The summed E-state index contributed by atoms with van der Waals surface area (Å²) in [6.45, 7) is 2.88. The average Bonchev–Trinajstić information content (AvgIpc) is 3.11. The van der Waals surface area contributed by atoms with Gasteiger partial charge in [0, 0.05) is 18.5 Å². The molecule has 3 aromatic carbocycles. The number of hydrogen-bond acceptors (Lipinski definition) is 2. The summed E-state index contributed by atoms with van der Waals surface area (Å²) >= 11 is 0. The van der Waals surface area contributed by atoms with E-state index in [0.29, 0.717) is 35.0 Å². The molecule has 5 rings (SSSR count). The molecule has 0 fully saturated rings. The minimum atomic E-state index is -0.387. The smallest absolute Gasteiger partial charge is 0.277 e. The van der Waals surface area contributed by atoms with E-state index in [9.17, 15) is 13.6 Å². The molecule has 32 heavy (non-hydrogen) atoms. The Labute approximate surface area is 183 Å². The van der Waals surface area contributed by atoms with Gasteiger partial charge in [-0.3, -0.25) is 9.36 Å². The lowest BCUT2D eigenvalue weighted by Gasteiger charge is -2.14. The van der Waals surface area contributed by atoms with E-state index in [1.807, 2.05) is 34.9 Å². The van der Waals surface area contributed by atoms with Gasteiger partial charge in [0.2, 0.25) is 0 Å². The molecule has 0 aliphatic carbocycles. The van der Waals surface area contributed by atoms with Gasteiger partial charge in [0.05, 0.1) is 11.8 Å². The Morgan fingerprint density at radius 1 is 0.938 bits per heavy atom. The van der Waals surface area contributed by atoms with Gasteiger partial charge in [0.15, 0.2) is 0 Å². The summed E-state index contributed by atoms with van der Waals surface area (Å²) in [5.41, 5.74) is 3.38. The lowest BCUT2D eigenvalue weighted by molar-refractivity contribution is 0.575. The molecule has 0 bridgehead atoms. The fourth-order valence-corrected chi connectivity index (χ4v) is 4.22. The first-order valence-electron chi connectivity index (χ1n) is 10.5. The highest BCUT2D eigenvalue weighted by molar-refractivity contribution is 6.05. The Kier molecular flexibility index (Phi) is 5.05. The Hall–Kier alpha value is -3.80. The topological polar surface area (TPSA) is 39.8 Å². The van der Waals surface area contributed by atoms with E-state index in [2.05, 4.69) is 11.9 Å². The summed E-state index contributed by atoms with van der Waals surface area (Å²) < 4.78 is 30.9. The molecule has 2 aromatic heterocycles. The maximum absolute atomic E-state index is 14.0. The fourth-order valence-electron chi connectivity index (χ4n) is 4.22. The van der Waals surface area contributed by atoms with Crippen molar-refractivity contribution < 1.29 is 8.78 Å². The first-order chi connectivity index (χ1) is 15.5. The molecule has 0 saturated heterocycles. The third-order valence-electron chi connectivity index (χ3n) is 5.88. The number of rotatable bonds is 5. The third-order valence-corrected chi connectivity index (χ3v) is 5.88. The van der Waals surface area contributed by atoms with E-state index < -0.39 is 0 Å². The van der Waals surface area contributed by atoms with Crippen molar-refractivity contribution in [1.29, 1.82) is 0 Å². The molecule has 6 heteroatoms. The van der Waals surface area contributed by atoms with Crippen LogP contribution in [0.4, 0.5) is 8.78 Å². The maximum atomic E-state index is 14.0. The van der Waals surface area contributed by atoms with E-state index in [4.69, 9.17) is 0 Å². The number of benzene rings is 3. The minimum absolute atomic E-state index is 0.112. The van der Waals surface area contributed by atoms with Crippen LogP contribution >= 0.6 is 0 Å². The van der Waals surface area contributed by atoms with Crippen LogP contribution in [0.3, 0.4) is 0 Å². The number of fused-ring (bicyclic) bond motifs is 3. The van der Waals surface area contributed by atoms with Crippen molar-refractivity contribution in [2.45, 2.75) is 25.9 Å². The maximum Gasteiger partial charge on any atom is 0.277 e. The molecule has 5 aromatic rings. The average molecular weight is 429 g/mol. The largest absolute Gasteiger partial charge is 0.330 e. The van der Waals surface area contributed by atoms with Gasteiger partial charge in [-0.25, -0.2) is 13.8 Å². The second kappa shape index (κ2) is 8.04. The molecule has 2 heterocycles. The Bertz CT molecular complexity index is 1470. The molecular weight excluding hydrogens is 408 g/mol. The van der Waals surface area contributed by atoms with E-state index in [1.54, 1.807) is 22.8 Å². The molecule has 0 saturated carbocycles. The second-order valence-corrected chi connectivity index (χ2v) is 8.09. The van der Waals surface area contributed by atoms with Gasteiger partial charge < -0.3 is 4.57 Å². The van der Waals surface area contributed by atoms with Crippen LogP contribution in [0.1, 0.15) is 24.0 Å². The molecule has 0 aliphatic heterocycles. The van der Waals surface area contributed by atoms with Crippen molar-refractivity contribution >= 4 is 21.9 Å². The second-order valence-electron chi connectivity index (χ2n) is 8.09. The Morgan fingerprint density at radius 2 is 1.66 bits per heavy atom. The summed E-state index contributed by atoms with van der Waals surface area (Å²) in [6.07, 6.45) is 1.54. The van der Waals surface area contributed by atoms with E-state index in [1.165, 1.54) is 30.6 Å². The summed E-state index contributed by atoms with van der Waals surface area (Å²) in [7, 11) is 0. The zero-order valence-electron chi connectivity index (χ0n) is 17.5. The predicted molar refractivity (Wildman–Crippen MR) is 122 cm³/mol. The number of halogens is 2. The van der Waals surface area contributed by atoms with Crippen molar-refractivity contribution in [2.24, 2.45) is 0 Å². The van der Waals surface area contributed by atoms with Crippen LogP contribution in [-0.4, -0.2) is 14.1 Å². The normalized spacial score (nSPS) is 12.5. The lowest BCUT2D eigenvalue weighted by atomic mass is 10.0. The highest BCUT2D eigenvalue weighted by atomic mass is 19.1. The van der Waals surface area contributed by atoms with Crippen LogP contribution in [-0.2, 0) is 13.1 Å². The highest BCUT2D eigenvalue weighted by Gasteiger charge is 2.18. The van der Waals surface area contributed by atoms with Crippen LogP contribution in [0.15, 0.2) is 83.9 Å². The Balaban J connectivity index is 1.66. The van der Waals surface area contributed by atoms with Crippen LogP contribution in [0.5, 0.6) is 0 Å². The molecule has 0 amide bonds. The van der Waals surface area contributed by atoms with Gasteiger partial charge in [-0.2, -0.15) is 0 Å². The summed E-state index contributed by atoms with van der Waals surface area (Å²) in [6, 6.07) is 20.6. The van der Waals surface area contributed by atoms with Gasteiger partial charge in [-0.1, -0.05) is 49.4 Å². The molecule has 0 N–H and O–H groups in total. The number of hydrogen-bond donors (Lipinski definition) is 0. The van der Waals surface area contributed by atoms with Gasteiger partial charge in [0.1, 0.15) is 22.7 Å². The zero-order chi connectivity index (χ0) is 22.2. The van der Waals surface area contributed by atoms with Gasteiger partial charge in [-0.05, 0) is 47.4 Å². The summed E-state index contributed by atoms with van der Waals surface area (Å²) in [4.78, 5) is 18.1. The highest BCUT2D eigenvalue weighted by Crippen LogP contribution is 2.27. The summed E-state index contributed by atoms with van der Waals surface area (Å²) in [5, 5.41) is 0.586. The number of aromatic nitrogens is 3. The van der Waals surface area contributed by atoms with Crippen LogP contribution in [0.2, 0.25) is 0 Å². The van der Waals surface area contributed by atoms with Crippen molar-refractivity contribution in [3.8, 4) is 0 Å². The van der Waals surface area contributed by atoms with E-state index in [-0.39, 0.29) is 23.1 Å². The predicted octanol–water partition coefficient (Wildman–Crippen LogP) is 5.48. The van der Waals surface area contributed by atoms with Crippen molar-refractivity contribution in [3.63, 3.8) is 0 Å². The van der Waals surface area contributed by atoms with Gasteiger partial charge in [-0.15, -0.1) is 0 Å². The summed E-state index contributed by atoms with van der Waals surface area (Å²) in [5.74, 6) is -0.598.